The van der Waals surface area contributed by atoms with E-state index in [-0.39, 0.29) is 17.6 Å². The van der Waals surface area contributed by atoms with Crippen molar-refractivity contribution in [3.05, 3.63) is 0 Å². The van der Waals surface area contributed by atoms with Gasteiger partial charge in [-0.05, 0) is 12.8 Å². The van der Waals surface area contributed by atoms with Gasteiger partial charge in [0, 0.05) is 6.04 Å². The molecule has 20 heavy (non-hydrogen) atoms. The predicted octanol–water partition coefficient (Wildman–Crippen LogP) is 1.27. The Morgan fingerprint density at radius 1 is 1.20 bits per heavy atom. The molecule has 110 valence electrons. The molecule has 1 saturated carbocycles. The fourth-order valence-electron chi connectivity index (χ4n) is 1.91. The number of aromatic nitrogens is 2. The highest BCUT2D eigenvalue weighted by Gasteiger charge is 2.17. The molecule has 0 atom stereocenters. The number of rotatable bonds is 7. The lowest BCUT2D eigenvalue weighted by Gasteiger charge is -2.10. The van der Waals surface area contributed by atoms with Gasteiger partial charge in [-0.25, -0.2) is 0 Å². The van der Waals surface area contributed by atoms with Crippen LogP contribution in [0.1, 0.15) is 25.7 Å². The number of amides is 2. The molecular formula is C11H16N4O2S3. The smallest absolute Gasteiger partial charge is 0.230 e. The molecule has 0 spiro atoms. The van der Waals surface area contributed by atoms with Crippen molar-refractivity contribution in [2.45, 2.75) is 40.4 Å². The van der Waals surface area contributed by atoms with Crippen molar-refractivity contribution in [3.63, 3.8) is 0 Å². The average molecular weight is 332 g/mol. The Morgan fingerprint density at radius 2 is 1.80 bits per heavy atom. The van der Waals surface area contributed by atoms with Crippen LogP contribution >= 0.6 is 34.9 Å². The van der Waals surface area contributed by atoms with Crippen LogP contribution in [0.25, 0.3) is 0 Å². The van der Waals surface area contributed by atoms with Crippen LogP contribution in [0.4, 0.5) is 0 Å². The molecule has 0 bridgehead atoms. The van der Waals surface area contributed by atoms with E-state index in [0.29, 0.717) is 16.1 Å². The first-order valence-corrected chi connectivity index (χ1v) is 9.09. The van der Waals surface area contributed by atoms with Crippen molar-refractivity contribution < 1.29 is 9.59 Å². The highest BCUT2D eigenvalue weighted by molar-refractivity contribution is 8.03. The number of nitrogens with one attached hydrogen (secondary N) is 1. The number of nitrogens with zero attached hydrogens (tertiary/aromatic N) is 2. The molecule has 0 saturated heterocycles. The lowest BCUT2D eigenvalue weighted by molar-refractivity contribution is -0.119. The molecule has 0 aliphatic heterocycles. The van der Waals surface area contributed by atoms with E-state index in [2.05, 4.69) is 15.5 Å². The minimum atomic E-state index is -0.379. The van der Waals surface area contributed by atoms with Crippen LogP contribution in [0.15, 0.2) is 8.68 Å². The van der Waals surface area contributed by atoms with E-state index in [4.69, 9.17) is 5.73 Å². The fourth-order valence-corrected chi connectivity index (χ4v) is 4.48. The third-order valence-electron chi connectivity index (χ3n) is 2.77. The highest BCUT2D eigenvalue weighted by atomic mass is 32.2. The largest absolute Gasteiger partial charge is 0.369 e. The summed E-state index contributed by atoms with van der Waals surface area (Å²) in [4.78, 5) is 22.4. The zero-order valence-electron chi connectivity index (χ0n) is 10.8. The van der Waals surface area contributed by atoms with Crippen LogP contribution in [-0.4, -0.2) is 39.6 Å². The summed E-state index contributed by atoms with van der Waals surface area (Å²) in [5, 5.41) is 10.9. The average Bonchev–Trinajstić information content (AvgIpc) is 3.05. The van der Waals surface area contributed by atoms with Crippen molar-refractivity contribution in [1.29, 1.82) is 0 Å². The Kier molecular flexibility index (Phi) is 6.11. The van der Waals surface area contributed by atoms with Gasteiger partial charge in [0.2, 0.25) is 11.8 Å². The van der Waals surface area contributed by atoms with E-state index in [1.54, 1.807) is 0 Å². The van der Waals surface area contributed by atoms with E-state index in [1.165, 1.54) is 47.7 Å². The maximum atomic E-state index is 11.8. The summed E-state index contributed by atoms with van der Waals surface area (Å²) in [5.41, 5.74) is 5.06. The standard InChI is InChI=1S/C11H16N4O2S3/c12-8(16)5-18-10-14-15-11(20-10)19-6-9(17)13-7-3-1-2-4-7/h7H,1-6H2,(H2,12,16)(H,13,17). The Labute approximate surface area is 129 Å². The van der Waals surface area contributed by atoms with Crippen molar-refractivity contribution in [2.24, 2.45) is 5.73 Å². The number of thioether (sulfide) groups is 2. The van der Waals surface area contributed by atoms with Gasteiger partial charge < -0.3 is 11.1 Å². The van der Waals surface area contributed by atoms with Gasteiger partial charge in [0.05, 0.1) is 11.5 Å². The summed E-state index contributed by atoms with van der Waals surface area (Å²) in [5.74, 6) is 0.214. The van der Waals surface area contributed by atoms with Crippen LogP contribution in [0, 0.1) is 0 Å². The molecule has 1 aromatic rings. The zero-order valence-corrected chi connectivity index (χ0v) is 13.3. The summed E-state index contributed by atoms with van der Waals surface area (Å²) >= 11 is 4.01. The fraction of sp³-hybridized carbons (Fsp3) is 0.636. The van der Waals surface area contributed by atoms with E-state index in [0.717, 1.165) is 17.2 Å². The summed E-state index contributed by atoms with van der Waals surface area (Å²) in [7, 11) is 0. The topological polar surface area (TPSA) is 98.0 Å². The van der Waals surface area contributed by atoms with Crippen molar-refractivity contribution >= 4 is 46.7 Å². The Morgan fingerprint density at radius 3 is 2.40 bits per heavy atom. The van der Waals surface area contributed by atoms with E-state index < -0.39 is 0 Å². The van der Waals surface area contributed by atoms with Crippen LogP contribution in [0.3, 0.4) is 0 Å². The van der Waals surface area contributed by atoms with E-state index in [1.807, 2.05) is 0 Å². The molecule has 3 N–H and O–H groups in total. The number of nitrogens with two attached hydrogens (primary N) is 1. The minimum absolute atomic E-state index is 0.0449. The van der Waals surface area contributed by atoms with Gasteiger partial charge in [-0.3, -0.25) is 9.59 Å². The Balaban J connectivity index is 1.70. The summed E-state index contributed by atoms with van der Waals surface area (Å²) in [6.45, 7) is 0. The van der Waals surface area contributed by atoms with Gasteiger partial charge in [-0.2, -0.15) is 0 Å². The molecule has 1 aliphatic rings. The number of hydrogen-bond donors (Lipinski definition) is 2. The summed E-state index contributed by atoms with van der Waals surface area (Å²) in [6, 6.07) is 0.346. The van der Waals surface area contributed by atoms with Crippen molar-refractivity contribution in [3.8, 4) is 0 Å². The minimum Gasteiger partial charge on any atom is -0.369 e. The monoisotopic (exact) mass is 332 g/mol. The van der Waals surface area contributed by atoms with Crippen molar-refractivity contribution in [1.82, 2.24) is 15.5 Å². The number of hydrogen-bond acceptors (Lipinski definition) is 7. The molecule has 1 aromatic heterocycles. The summed E-state index contributed by atoms with van der Waals surface area (Å²) < 4.78 is 1.43. The van der Waals surface area contributed by atoms with Gasteiger partial charge in [-0.1, -0.05) is 47.7 Å². The van der Waals surface area contributed by atoms with Gasteiger partial charge >= 0.3 is 0 Å². The number of primary amides is 1. The molecule has 2 amide bonds. The molecule has 1 aliphatic carbocycles. The SMILES string of the molecule is NC(=O)CSc1nnc(SCC(=O)NC2CCCC2)s1. The molecule has 2 rings (SSSR count). The second-order valence-corrected chi connectivity index (χ2v) is 7.85. The third-order valence-corrected chi connectivity index (χ3v) is 5.99. The molecule has 6 nitrogen and oxygen atoms in total. The second kappa shape index (κ2) is 7.84. The lowest BCUT2D eigenvalue weighted by Crippen LogP contribution is -2.33. The van der Waals surface area contributed by atoms with Crippen LogP contribution in [0.2, 0.25) is 0 Å². The van der Waals surface area contributed by atoms with Gasteiger partial charge in [0.25, 0.3) is 0 Å². The van der Waals surface area contributed by atoms with Crippen LogP contribution < -0.4 is 11.1 Å². The van der Waals surface area contributed by atoms with Crippen molar-refractivity contribution in [2.75, 3.05) is 11.5 Å². The molecule has 1 fully saturated rings. The second-order valence-electron chi connectivity index (χ2n) is 4.43. The first-order chi connectivity index (χ1) is 9.63. The van der Waals surface area contributed by atoms with Gasteiger partial charge in [0.15, 0.2) is 8.68 Å². The first kappa shape index (κ1) is 15.6. The molecule has 0 aromatic carbocycles. The number of carbonyl (C=O) groups excluding carboxylic acids is 2. The molecule has 9 heteroatoms. The van der Waals surface area contributed by atoms with Gasteiger partial charge in [-0.15, -0.1) is 10.2 Å². The van der Waals surface area contributed by atoms with Crippen LogP contribution in [0.5, 0.6) is 0 Å². The quantitative estimate of drug-likeness (QED) is 0.730. The Hall–Kier alpha value is -0.800. The maximum Gasteiger partial charge on any atom is 0.230 e. The normalized spacial score (nSPS) is 15.4. The predicted molar refractivity (Wildman–Crippen MR) is 81.0 cm³/mol. The highest BCUT2D eigenvalue weighted by Crippen LogP contribution is 2.28. The zero-order chi connectivity index (χ0) is 14.4. The summed E-state index contributed by atoms with van der Waals surface area (Å²) in [6.07, 6.45) is 4.58. The molecule has 1 heterocycles. The maximum absolute atomic E-state index is 11.8. The van der Waals surface area contributed by atoms with Gasteiger partial charge in [0.1, 0.15) is 0 Å². The van der Waals surface area contributed by atoms with E-state index >= 15 is 0 Å². The first-order valence-electron chi connectivity index (χ1n) is 6.30. The molecule has 0 radical (unpaired) electrons. The molecular weight excluding hydrogens is 316 g/mol. The molecule has 0 unspecified atom stereocenters. The van der Waals surface area contributed by atoms with Crippen LogP contribution in [-0.2, 0) is 9.59 Å². The lowest BCUT2D eigenvalue weighted by atomic mass is 10.2. The Bertz CT molecular complexity index is 474. The number of carbonyl (C=O) groups is 2. The third kappa shape index (κ3) is 5.29. The van der Waals surface area contributed by atoms with E-state index in [9.17, 15) is 9.59 Å².